The van der Waals surface area contributed by atoms with Crippen molar-refractivity contribution < 1.29 is 4.79 Å². The molecule has 0 spiro atoms. The van der Waals surface area contributed by atoms with E-state index in [-0.39, 0.29) is 5.91 Å². The molecule has 1 aromatic carbocycles. The number of halogens is 1. The molecule has 142 valence electrons. The summed E-state index contributed by atoms with van der Waals surface area (Å²) in [6.45, 7) is 3.91. The van der Waals surface area contributed by atoms with Gasteiger partial charge in [0, 0.05) is 43.7 Å². The maximum atomic E-state index is 12.6. The molecule has 1 saturated carbocycles. The number of nitrogens with zero attached hydrogens (tertiary/aromatic N) is 4. The molecule has 27 heavy (non-hydrogen) atoms. The van der Waals surface area contributed by atoms with E-state index in [2.05, 4.69) is 37.1 Å². The van der Waals surface area contributed by atoms with E-state index in [0.29, 0.717) is 23.7 Å². The molecule has 1 amide bonds. The number of nitrogens with one attached hydrogen (secondary N) is 1. The summed E-state index contributed by atoms with van der Waals surface area (Å²) in [5.74, 6) is 2.54. The fourth-order valence-corrected chi connectivity index (χ4v) is 4.69. The van der Waals surface area contributed by atoms with Gasteiger partial charge in [0.05, 0.1) is 0 Å². The fraction of sp³-hybridized carbons (Fsp3) is 0.550. The second-order valence-corrected chi connectivity index (χ2v) is 8.63. The van der Waals surface area contributed by atoms with E-state index in [4.69, 9.17) is 11.6 Å². The van der Waals surface area contributed by atoms with Crippen LogP contribution in [0.3, 0.4) is 0 Å². The van der Waals surface area contributed by atoms with E-state index in [0.717, 1.165) is 56.3 Å². The van der Waals surface area contributed by atoms with Crippen LogP contribution in [0.2, 0.25) is 5.02 Å². The summed E-state index contributed by atoms with van der Waals surface area (Å²) < 4.78 is 2.06. The van der Waals surface area contributed by atoms with Crippen molar-refractivity contribution in [3.8, 4) is 0 Å². The number of benzene rings is 1. The number of hydrogen-bond donors (Lipinski definition) is 1. The van der Waals surface area contributed by atoms with E-state index in [1.807, 2.05) is 12.1 Å². The largest absolute Gasteiger partial charge is 0.347 e. The Morgan fingerprint density at radius 2 is 1.89 bits per heavy atom. The summed E-state index contributed by atoms with van der Waals surface area (Å²) in [7, 11) is 0. The van der Waals surface area contributed by atoms with Crippen LogP contribution in [-0.2, 0) is 19.5 Å². The second-order valence-electron chi connectivity index (χ2n) is 8.20. The number of aromatic nitrogens is 3. The van der Waals surface area contributed by atoms with E-state index in [1.165, 1.54) is 12.0 Å². The summed E-state index contributed by atoms with van der Waals surface area (Å²) in [6, 6.07) is 8.43. The van der Waals surface area contributed by atoms with Crippen molar-refractivity contribution in [2.75, 3.05) is 13.1 Å². The third-order valence-corrected chi connectivity index (χ3v) is 6.56. The van der Waals surface area contributed by atoms with Crippen LogP contribution in [0.25, 0.3) is 0 Å². The molecule has 1 aromatic heterocycles. The molecule has 5 rings (SSSR count). The number of carbonyl (C=O) groups is 1. The van der Waals surface area contributed by atoms with E-state index >= 15 is 0 Å². The zero-order chi connectivity index (χ0) is 18.4. The minimum absolute atomic E-state index is 0.0621. The zero-order valence-electron chi connectivity index (χ0n) is 15.3. The first-order chi connectivity index (χ1) is 13.2. The monoisotopic (exact) mass is 385 g/mol. The van der Waals surface area contributed by atoms with E-state index in [9.17, 15) is 4.79 Å². The number of fused-ring (bicyclic) bond motifs is 2. The quantitative estimate of drug-likeness (QED) is 0.878. The third kappa shape index (κ3) is 3.36. The van der Waals surface area contributed by atoms with Crippen molar-refractivity contribution in [1.29, 1.82) is 0 Å². The maximum absolute atomic E-state index is 12.6. The number of amides is 1. The van der Waals surface area contributed by atoms with Gasteiger partial charge in [0.25, 0.3) is 5.91 Å². The number of carbonyl (C=O) groups excluding carboxylic acids is 1. The van der Waals surface area contributed by atoms with Crippen LogP contribution in [0.4, 0.5) is 0 Å². The predicted octanol–water partition coefficient (Wildman–Crippen LogP) is 2.52. The van der Waals surface area contributed by atoms with Gasteiger partial charge in [0.15, 0.2) is 0 Å². The fourth-order valence-electron chi connectivity index (χ4n) is 4.57. The maximum Gasteiger partial charge on any atom is 0.289 e. The molecule has 2 atom stereocenters. The van der Waals surface area contributed by atoms with Crippen molar-refractivity contribution in [2.24, 2.45) is 11.8 Å². The van der Waals surface area contributed by atoms with Crippen LogP contribution in [0.15, 0.2) is 24.3 Å². The third-order valence-electron chi connectivity index (χ3n) is 6.30. The molecule has 7 heteroatoms. The molecule has 6 nitrogen and oxygen atoms in total. The topological polar surface area (TPSA) is 63.1 Å². The zero-order valence-corrected chi connectivity index (χ0v) is 16.0. The SMILES string of the molecule is O=C(NC1CCC1)c1nnc2n1CC1CN(Cc3ccc(Cl)cc3)CC1C2. The molecule has 1 aliphatic carbocycles. The van der Waals surface area contributed by atoms with Crippen LogP contribution in [0.5, 0.6) is 0 Å². The molecule has 1 N–H and O–H groups in total. The highest BCUT2D eigenvalue weighted by Gasteiger charge is 2.39. The molecule has 3 heterocycles. The molecule has 2 aromatic rings. The van der Waals surface area contributed by atoms with Gasteiger partial charge in [0.2, 0.25) is 5.82 Å². The van der Waals surface area contributed by atoms with Crippen molar-refractivity contribution in [3.05, 3.63) is 46.5 Å². The predicted molar refractivity (Wildman–Crippen MR) is 103 cm³/mol. The van der Waals surface area contributed by atoms with Crippen LogP contribution < -0.4 is 5.32 Å². The molecule has 2 fully saturated rings. The lowest BCUT2D eigenvalue weighted by atomic mass is 9.89. The Morgan fingerprint density at radius 3 is 2.63 bits per heavy atom. The average Bonchev–Trinajstić information content (AvgIpc) is 3.20. The highest BCUT2D eigenvalue weighted by Crippen LogP contribution is 2.33. The number of rotatable bonds is 4. The minimum Gasteiger partial charge on any atom is -0.347 e. The van der Waals surface area contributed by atoms with Crippen molar-refractivity contribution >= 4 is 17.5 Å². The molecular formula is C20H24ClN5O. The van der Waals surface area contributed by atoms with Gasteiger partial charge >= 0.3 is 0 Å². The molecule has 3 aliphatic rings. The van der Waals surface area contributed by atoms with Crippen LogP contribution in [-0.4, -0.2) is 44.7 Å². The summed E-state index contributed by atoms with van der Waals surface area (Å²) in [6.07, 6.45) is 4.27. The van der Waals surface area contributed by atoms with Crippen molar-refractivity contribution in [2.45, 2.75) is 44.8 Å². The van der Waals surface area contributed by atoms with Crippen LogP contribution >= 0.6 is 11.6 Å². The molecule has 0 radical (unpaired) electrons. The molecule has 2 aliphatic heterocycles. The van der Waals surface area contributed by atoms with Gasteiger partial charge in [0.1, 0.15) is 5.82 Å². The highest BCUT2D eigenvalue weighted by atomic mass is 35.5. The van der Waals surface area contributed by atoms with Gasteiger partial charge in [-0.15, -0.1) is 10.2 Å². The first-order valence-electron chi connectivity index (χ1n) is 9.85. The Labute approximate surface area is 163 Å². The first-order valence-corrected chi connectivity index (χ1v) is 10.2. The van der Waals surface area contributed by atoms with Crippen molar-refractivity contribution in [1.82, 2.24) is 25.0 Å². The van der Waals surface area contributed by atoms with E-state index in [1.54, 1.807) is 0 Å². The van der Waals surface area contributed by atoms with Gasteiger partial charge < -0.3 is 9.88 Å². The Balaban J connectivity index is 1.26. The van der Waals surface area contributed by atoms with Gasteiger partial charge in [-0.1, -0.05) is 23.7 Å². The Morgan fingerprint density at radius 1 is 1.11 bits per heavy atom. The van der Waals surface area contributed by atoms with E-state index < -0.39 is 0 Å². The Kier molecular flexibility index (Phi) is 4.40. The lowest BCUT2D eigenvalue weighted by Gasteiger charge is -2.28. The Bertz CT molecular complexity index is 845. The number of hydrogen-bond acceptors (Lipinski definition) is 4. The summed E-state index contributed by atoms with van der Waals surface area (Å²) >= 11 is 5.99. The smallest absolute Gasteiger partial charge is 0.289 e. The van der Waals surface area contributed by atoms with Crippen LogP contribution in [0.1, 0.15) is 41.3 Å². The normalized spacial score (nSPS) is 24.9. The first kappa shape index (κ1) is 17.2. The molecular weight excluding hydrogens is 362 g/mol. The van der Waals surface area contributed by atoms with Gasteiger partial charge in [-0.05, 0) is 48.8 Å². The second kappa shape index (κ2) is 6.91. The summed E-state index contributed by atoms with van der Waals surface area (Å²) in [4.78, 5) is 15.1. The van der Waals surface area contributed by atoms with Gasteiger partial charge in [-0.2, -0.15) is 0 Å². The lowest BCUT2D eigenvalue weighted by molar-refractivity contribution is 0.0898. The van der Waals surface area contributed by atoms with Crippen molar-refractivity contribution in [3.63, 3.8) is 0 Å². The molecule has 0 bridgehead atoms. The highest BCUT2D eigenvalue weighted by molar-refractivity contribution is 6.30. The van der Waals surface area contributed by atoms with Gasteiger partial charge in [-0.25, -0.2) is 0 Å². The summed E-state index contributed by atoms with van der Waals surface area (Å²) in [5.41, 5.74) is 1.29. The van der Waals surface area contributed by atoms with Gasteiger partial charge in [-0.3, -0.25) is 9.69 Å². The van der Waals surface area contributed by atoms with Crippen LogP contribution in [0, 0.1) is 11.8 Å². The standard InChI is InChI=1S/C20H24ClN5O/c21-16-6-4-13(5-7-16)9-25-10-14-8-18-23-24-19(26(18)12-15(14)11-25)20(27)22-17-2-1-3-17/h4-7,14-15,17H,1-3,8-12H2,(H,22,27). The number of likely N-dealkylation sites (tertiary alicyclic amines) is 1. The minimum atomic E-state index is -0.0621. The molecule has 1 saturated heterocycles. The Hall–Kier alpha value is -1.92. The average molecular weight is 386 g/mol. The lowest BCUT2D eigenvalue weighted by Crippen LogP contribution is -2.41. The summed E-state index contributed by atoms with van der Waals surface area (Å²) in [5, 5.41) is 12.4. The molecule has 2 unspecified atom stereocenters.